The van der Waals surface area contributed by atoms with Crippen LogP contribution in [0.25, 0.3) is 0 Å². The van der Waals surface area contributed by atoms with Gasteiger partial charge in [-0.15, -0.1) is 0 Å². The molecule has 6 nitrogen and oxygen atoms in total. The lowest BCUT2D eigenvalue weighted by Crippen LogP contribution is -2.44. The van der Waals surface area contributed by atoms with Gasteiger partial charge in [-0.1, -0.05) is 53.5 Å². The van der Waals surface area contributed by atoms with E-state index in [4.69, 9.17) is 23.2 Å². The van der Waals surface area contributed by atoms with Crippen LogP contribution in [0, 0.1) is 0 Å². The Morgan fingerprint density at radius 3 is 2.62 bits per heavy atom. The van der Waals surface area contributed by atoms with Crippen molar-refractivity contribution in [3.8, 4) is 0 Å². The molecule has 0 spiro atoms. The van der Waals surface area contributed by atoms with Crippen molar-refractivity contribution in [2.45, 2.75) is 25.0 Å². The van der Waals surface area contributed by atoms with E-state index in [9.17, 15) is 14.7 Å². The second-order valence-corrected chi connectivity index (χ2v) is 6.83. The van der Waals surface area contributed by atoms with Crippen molar-refractivity contribution in [2.24, 2.45) is 0 Å². The first-order valence-corrected chi connectivity index (χ1v) is 8.76. The third-order valence-electron chi connectivity index (χ3n) is 4.14. The maximum Gasteiger partial charge on any atom is 0.326 e. The number of benzene rings is 2. The summed E-state index contributed by atoms with van der Waals surface area (Å²) < 4.78 is 0. The summed E-state index contributed by atoms with van der Waals surface area (Å²) in [7, 11) is 0. The van der Waals surface area contributed by atoms with Crippen molar-refractivity contribution in [1.29, 1.82) is 0 Å². The fraction of sp³-hybridized carbons (Fsp3) is 0.222. The molecule has 136 valence electrons. The van der Waals surface area contributed by atoms with Gasteiger partial charge in [-0.2, -0.15) is 0 Å². The maximum absolute atomic E-state index is 12.3. The summed E-state index contributed by atoms with van der Waals surface area (Å²) in [5, 5.41) is 18.6. The monoisotopic (exact) mass is 393 g/mol. The predicted molar refractivity (Wildman–Crippen MR) is 101 cm³/mol. The van der Waals surface area contributed by atoms with Crippen molar-refractivity contribution >= 4 is 40.9 Å². The van der Waals surface area contributed by atoms with Gasteiger partial charge in [0.25, 0.3) is 0 Å². The molecule has 2 amide bonds. The molecule has 2 atom stereocenters. The molecule has 0 saturated carbocycles. The van der Waals surface area contributed by atoms with Crippen LogP contribution in [0.3, 0.4) is 0 Å². The molecule has 0 radical (unpaired) electrons. The number of hydrogen-bond acceptors (Lipinski definition) is 3. The Kier molecular flexibility index (Phi) is 5.54. The van der Waals surface area contributed by atoms with Crippen LogP contribution in [-0.2, 0) is 11.3 Å². The molecule has 1 aliphatic heterocycles. The van der Waals surface area contributed by atoms with Crippen LogP contribution in [0.4, 0.5) is 10.5 Å². The van der Waals surface area contributed by atoms with E-state index in [1.807, 2.05) is 30.3 Å². The summed E-state index contributed by atoms with van der Waals surface area (Å²) in [6.07, 6.45) is 0.169. The summed E-state index contributed by atoms with van der Waals surface area (Å²) in [5.41, 5.74) is 2.10. The fourth-order valence-corrected chi connectivity index (χ4v) is 3.56. The van der Waals surface area contributed by atoms with Crippen LogP contribution in [0.5, 0.6) is 0 Å². The van der Waals surface area contributed by atoms with Crippen molar-refractivity contribution in [1.82, 2.24) is 10.6 Å². The Morgan fingerprint density at radius 2 is 1.92 bits per heavy atom. The standard InChI is InChI=1S/C18H17Cl2N3O3/c19-11-6-12(20)16-13(7-11)22-15(17(24)25)8-14(16)23-18(26)21-9-10-4-2-1-3-5-10/h1-7,14-15,22H,8-9H2,(H,24,25)(H2,21,23,26)/t14-,15+/m0/s1. The number of carbonyl (C=O) groups is 2. The lowest BCUT2D eigenvalue weighted by molar-refractivity contribution is -0.138. The van der Waals surface area contributed by atoms with Crippen LogP contribution >= 0.6 is 23.2 Å². The van der Waals surface area contributed by atoms with E-state index in [0.29, 0.717) is 27.8 Å². The van der Waals surface area contributed by atoms with Gasteiger partial charge in [-0.05, 0) is 17.7 Å². The Labute approximate surface area is 160 Å². The minimum Gasteiger partial charge on any atom is -0.480 e. The summed E-state index contributed by atoms with van der Waals surface area (Å²) in [6, 6.07) is 10.9. The average Bonchev–Trinajstić information content (AvgIpc) is 2.60. The quantitative estimate of drug-likeness (QED) is 0.635. The van der Waals surface area contributed by atoms with E-state index >= 15 is 0 Å². The number of halogens is 2. The van der Waals surface area contributed by atoms with Crippen LogP contribution in [0.1, 0.15) is 23.6 Å². The van der Waals surface area contributed by atoms with Gasteiger partial charge in [0, 0.05) is 34.3 Å². The Balaban J connectivity index is 1.76. The molecule has 4 N–H and O–H groups in total. The van der Waals surface area contributed by atoms with Gasteiger partial charge in [-0.3, -0.25) is 0 Å². The molecule has 0 unspecified atom stereocenters. The first-order valence-electron chi connectivity index (χ1n) is 8.00. The maximum atomic E-state index is 12.3. The molecule has 0 aromatic heterocycles. The third kappa shape index (κ3) is 4.20. The first kappa shape index (κ1) is 18.4. The van der Waals surface area contributed by atoms with E-state index in [1.54, 1.807) is 12.1 Å². The van der Waals surface area contributed by atoms with Crippen LogP contribution in [0.2, 0.25) is 10.0 Å². The van der Waals surface area contributed by atoms with Gasteiger partial charge in [0.1, 0.15) is 6.04 Å². The zero-order chi connectivity index (χ0) is 18.7. The molecule has 0 saturated heterocycles. The Morgan fingerprint density at radius 1 is 1.19 bits per heavy atom. The largest absolute Gasteiger partial charge is 0.480 e. The molecule has 0 aliphatic carbocycles. The lowest BCUT2D eigenvalue weighted by atomic mass is 9.93. The fourth-order valence-electron chi connectivity index (χ4n) is 2.94. The van der Waals surface area contributed by atoms with Crippen molar-refractivity contribution in [2.75, 3.05) is 5.32 Å². The topological polar surface area (TPSA) is 90.5 Å². The van der Waals surface area contributed by atoms with Crippen molar-refractivity contribution < 1.29 is 14.7 Å². The van der Waals surface area contributed by atoms with E-state index in [2.05, 4.69) is 16.0 Å². The summed E-state index contributed by atoms with van der Waals surface area (Å²) in [4.78, 5) is 23.7. The van der Waals surface area contributed by atoms with E-state index in [1.165, 1.54) is 0 Å². The predicted octanol–water partition coefficient (Wildman–Crippen LogP) is 3.80. The number of nitrogens with one attached hydrogen (secondary N) is 3. The molecule has 3 rings (SSSR count). The first-order chi connectivity index (χ1) is 12.4. The molecule has 8 heteroatoms. The van der Waals surface area contributed by atoms with Gasteiger partial charge in [0.15, 0.2) is 0 Å². The highest BCUT2D eigenvalue weighted by Gasteiger charge is 2.33. The van der Waals surface area contributed by atoms with Crippen LogP contribution in [0.15, 0.2) is 42.5 Å². The van der Waals surface area contributed by atoms with Crippen molar-refractivity contribution in [3.05, 3.63) is 63.6 Å². The second kappa shape index (κ2) is 7.85. The van der Waals surface area contributed by atoms with Crippen LogP contribution < -0.4 is 16.0 Å². The molecular weight excluding hydrogens is 377 g/mol. The smallest absolute Gasteiger partial charge is 0.326 e. The zero-order valence-electron chi connectivity index (χ0n) is 13.6. The van der Waals surface area contributed by atoms with E-state index in [-0.39, 0.29) is 6.42 Å². The van der Waals surface area contributed by atoms with E-state index in [0.717, 1.165) is 5.56 Å². The van der Waals surface area contributed by atoms with Crippen LogP contribution in [-0.4, -0.2) is 23.1 Å². The van der Waals surface area contributed by atoms with Gasteiger partial charge in [-0.25, -0.2) is 9.59 Å². The minimum absolute atomic E-state index is 0.169. The summed E-state index contributed by atoms with van der Waals surface area (Å²) in [5.74, 6) is -1.01. The number of aliphatic carboxylic acids is 1. The molecule has 0 bridgehead atoms. The Bertz CT molecular complexity index is 830. The highest BCUT2D eigenvalue weighted by molar-refractivity contribution is 6.35. The number of urea groups is 1. The van der Waals surface area contributed by atoms with Gasteiger partial charge < -0.3 is 21.1 Å². The number of carbonyl (C=O) groups excluding carboxylic acids is 1. The molecule has 1 heterocycles. The van der Waals surface area contributed by atoms with E-state index < -0.39 is 24.1 Å². The minimum atomic E-state index is -1.01. The van der Waals surface area contributed by atoms with Gasteiger partial charge in [0.2, 0.25) is 0 Å². The number of rotatable bonds is 4. The number of hydrogen-bond donors (Lipinski definition) is 4. The second-order valence-electron chi connectivity index (χ2n) is 5.98. The lowest BCUT2D eigenvalue weighted by Gasteiger charge is -2.32. The van der Waals surface area contributed by atoms with Gasteiger partial charge >= 0.3 is 12.0 Å². The third-order valence-corrected chi connectivity index (χ3v) is 4.67. The zero-order valence-corrected chi connectivity index (χ0v) is 15.1. The summed E-state index contributed by atoms with van der Waals surface area (Å²) in [6.45, 7) is 0.362. The number of carboxylic acids is 1. The number of fused-ring (bicyclic) bond motifs is 1. The summed E-state index contributed by atoms with van der Waals surface area (Å²) >= 11 is 12.3. The molecular formula is C18H17Cl2N3O3. The number of carboxylic acid groups (broad SMARTS) is 1. The number of anilines is 1. The number of amides is 2. The molecule has 0 fully saturated rings. The molecule has 2 aromatic carbocycles. The SMILES string of the molecule is O=C(NCc1ccccc1)N[C@H]1C[C@H](C(=O)O)Nc2cc(Cl)cc(Cl)c21. The highest BCUT2D eigenvalue weighted by atomic mass is 35.5. The normalized spacial score (nSPS) is 18.4. The Hall–Kier alpha value is -2.44. The van der Waals surface area contributed by atoms with Gasteiger partial charge in [0.05, 0.1) is 6.04 Å². The van der Waals surface area contributed by atoms with Crippen molar-refractivity contribution in [3.63, 3.8) is 0 Å². The average molecular weight is 394 g/mol. The highest BCUT2D eigenvalue weighted by Crippen LogP contribution is 2.39. The molecule has 1 aliphatic rings. The molecule has 2 aromatic rings. The molecule has 26 heavy (non-hydrogen) atoms.